The fourth-order valence-electron chi connectivity index (χ4n) is 2.62. The minimum Gasteiger partial charge on any atom is -0.376 e. The van der Waals surface area contributed by atoms with Crippen LogP contribution in [0.15, 0.2) is 33.9 Å². The number of nitrogens with one attached hydrogen (secondary N) is 1. The van der Waals surface area contributed by atoms with Crippen molar-refractivity contribution in [2.24, 2.45) is 0 Å². The van der Waals surface area contributed by atoms with E-state index in [1.165, 1.54) is 29.8 Å². The molecule has 1 N–H and O–H groups in total. The monoisotopic (exact) mass is 378 g/mol. The molecule has 0 saturated heterocycles. The Hall–Kier alpha value is -2.30. The van der Waals surface area contributed by atoms with Crippen LogP contribution >= 0.6 is 11.3 Å². The Kier molecular flexibility index (Phi) is 4.02. The molecule has 3 aromatic rings. The predicted molar refractivity (Wildman–Crippen MR) is 90.8 cm³/mol. The van der Waals surface area contributed by atoms with E-state index in [9.17, 15) is 8.42 Å². The highest BCUT2D eigenvalue weighted by Gasteiger charge is 2.28. The van der Waals surface area contributed by atoms with Crippen LogP contribution in [0.5, 0.6) is 0 Å². The number of anilines is 1. The van der Waals surface area contributed by atoms with Crippen LogP contribution in [0.25, 0.3) is 11.5 Å². The van der Waals surface area contributed by atoms with Crippen LogP contribution in [0.1, 0.15) is 16.3 Å². The van der Waals surface area contributed by atoms with Crippen molar-refractivity contribution in [2.45, 2.75) is 24.8 Å². The molecule has 1 aliphatic rings. The highest BCUT2D eigenvalue weighted by Crippen LogP contribution is 2.43. The quantitative estimate of drug-likeness (QED) is 0.742. The Morgan fingerprint density at radius 1 is 1.36 bits per heavy atom. The van der Waals surface area contributed by atoms with E-state index in [1.807, 2.05) is 0 Å². The van der Waals surface area contributed by atoms with Crippen molar-refractivity contribution in [1.82, 2.24) is 15.1 Å². The maximum absolute atomic E-state index is 12.7. The number of rotatable bonds is 4. The van der Waals surface area contributed by atoms with Gasteiger partial charge in [0, 0.05) is 17.3 Å². The van der Waals surface area contributed by atoms with Crippen LogP contribution < -0.4 is 4.72 Å². The van der Waals surface area contributed by atoms with E-state index < -0.39 is 10.0 Å². The van der Waals surface area contributed by atoms with Gasteiger partial charge in [-0.05, 0) is 31.0 Å². The van der Waals surface area contributed by atoms with Crippen molar-refractivity contribution in [3.8, 4) is 11.5 Å². The average Bonchev–Trinajstić information content (AvgIpc) is 3.18. The van der Waals surface area contributed by atoms with Gasteiger partial charge in [-0.3, -0.25) is 9.71 Å². The number of hydrogen-bond donors (Lipinski definition) is 1. The number of thiophene rings is 1. The summed E-state index contributed by atoms with van der Waals surface area (Å²) >= 11 is 1.32. The van der Waals surface area contributed by atoms with Crippen LogP contribution in [-0.4, -0.2) is 30.1 Å². The minimum absolute atomic E-state index is 0.0882. The lowest BCUT2D eigenvalue weighted by molar-refractivity contribution is 0.113. The first-order chi connectivity index (χ1) is 12.0. The van der Waals surface area contributed by atoms with Gasteiger partial charge in [0.25, 0.3) is 15.9 Å². The van der Waals surface area contributed by atoms with Gasteiger partial charge in [0.15, 0.2) is 5.82 Å². The summed E-state index contributed by atoms with van der Waals surface area (Å²) in [6.07, 6.45) is 3.49. The molecule has 0 radical (unpaired) electrons. The van der Waals surface area contributed by atoms with Crippen molar-refractivity contribution in [2.75, 3.05) is 11.3 Å². The van der Waals surface area contributed by atoms with Gasteiger partial charge < -0.3 is 9.26 Å². The smallest absolute Gasteiger partial charge is 0.264 e. The second kappa shape index (κ2) is 6.21. The molecule has 0 bridgehead atoms. The highest BCUT2D eigenvalue weighted by molar-refractivity contribution is 7.93. The molecule has 130 valence electrons. The zero-order chi connectivity index (χ0) is 17.4. The zero-order valence-corrected chi connectivity index (χ0v) is 14.9. The SMILES string of the molecule is Cc1noc(-c2c(NS(=O)(=O)c3cccnc3)sc3c2CCOC3)n1. The molecule has 25 heavy (non-hydrogen) atoms. The van der Waals surface area contributed by atoms with Gasteiger partial charge in [0.05, 0.1) is 18.8 Å². The van der Waals surface area contributed by atoms with E-state index in [4.69, 9.17) is 9.26 Å². The topological polar surface area (TPSA) is 107 Å². The molecule has 1 aliphatic heterocycles. The lowest BCUT2D eigenvalue weighted by atomic mass is 10.1. The van der Waals surface area contributed by atoms with E-state index in [-0.39, 0.29) is 4.90 Å². The number of aromatic nitrogens is 3. The van der Waals surface area contributed by atoms with Gasteiger partial charge in [-0.25, -0.2) is 8.42 Å². The molecule has 8 nitrogen and oxygen atoms in total. The molecule has 4 heterocycles. The van der Waals surface area contributed by atoms with Crippen LogP contribution in [0.4, 0.5) is 5.00 Å². The van der Waals surface area contributed by atoms with E-state index in [0.29, 0.717) is 41.9 Å². The molecule has 0 aliphatic carbocycles. The molecule has 0 unspecified atom stereocenters. The van der Waals surface area contributed by atoms with Crippen LogP contribution in [0.3, 0.4) is 0 Å². The van der Waals surface area contributed by atoms with E-state index in [1.54, 1.807) is 13.0 Å². The first-order valence-corrected chi connectivity index (χ1v) is 9.80. The van der Waals surface area contributed by atoms with Crippen molar-refractivity contribution in [3.63, 3.8) is 0 Å². The predicted octanol–water partition coefficient (Wildman–Crippen LogP) is 2.38. The second-order valence-corrected chi connectivity index (χ2v) is 8.24. The van der Waals surface area contributed by atoms with Gasteiger partial charge >= 0.3 is 0 Å². The molecule has 0 amide bonds. The van der Waals surface area contributed by atoms with Crippen molar-refractivity contribution < 1.29 is 17.7 Å². The summed E-state index contributed by atoms with van der Waals surface area (Å²) in [4.78, 5) is 9.18. The summed E-state index contributed by atoms with van der Waals surface area (Å²) in [7, 11) is -3.77. The Bertz CT molecular complexity index is 1010. The first-order valence-electron chi connectivity index (χ1n) is 7.50. The van der Waals surface area contributed by atoms with Gasteiger partial charge in [-0.2, -0.15) is 4.98 Å². The third-order valence-electron chi connectivity index (χ3n) is 3.73. The molecule has 0 fully saturated rings. The van der Waals surface area contributed by atoms with Crippen LogP contribution in [0.2, 0.25) is 0 Å². The fourth-order valence-corrected chi connectivity index (χ4v) is 5.06. The number of ether oxygens (including phenoxy) is 1. The number of aryl methyl sites for hydroxylation is 1. The molecule has 0 saturated carbocycles. The number of sulfonamides is 1. The second-order valence-electron chi connectivity index (χ2n) is 5.45. The minimum atomic E-state index is -3.77. The van der Waals surface area contributed by atoms with E-state index in [2.05, 4.69) is 19.8 Å². The van der Waals surface area contributed by atoms with Gasteiger partial charge in [-0.1, -0.05) is 5.16 Å². The Morgan fingerprint density at radius 3 is 2.96 bits per heavy atom. The molecule has 3 aromatic heterocycles. The standard InChI is InChI=1S/C15H14N4O4S2/c1-9-17-14(23-18-9)13-11-4-6-22-8-12(11)24-15(13)19-25(20,21)10-3-2-5-16-7-10/h2-3,5,7,19H,4,6,8H2,1H3. The number of pyridine rings is 1. The van der Waals surface area contributed by atoms with E-state index >= 15 is 0 Å². The molecule has 0 spiro atoms. The maximum Gasteiger partial charge on any atom is 0.264 e. The van der Waals surface area contributed by atoms with E-state index in [0.717, 1.165) is 10.4 Å². The molecular weight excluding hydrogens is 364 g/mol. The summed E-state index contributed by atoms with van der Waals surface area (Å²) in [5.41, 5.74) is 1.63. The molecule has 0 aromatic carbocycles. The largest absolute Gasteiger partial charge is 0.376 e. The van der Waals surface area contributed by atoms with Crippen molar-refractivity contribution >= 4 is 26.4 Å². The zero-order valence-electron chi connectivity index (χ0n) is 13.2. The Labute approximate surface area is 147 Å². The Balaban J connectivity index is 1.81. The average molecular weight is 378 g/mol. The summed E-state index contributed by atoms with van der Waals surface area (Å²) in [5, 5.41) is 4.26. The number of nitrogens with zero attached hydrogens (tertiary/aromatic N) is 3. The highest BCUT2D eigenvalue weighted by atomic mass is 32.2. The Morgan fingerprint density at radius 2 is 2.24 bits per heavy atom. The van der Waals surface area contributed by atoms with Gasteiger partial charge in [0.1, 0.15) is 9.90 Å². The number of hydrogen-bond acceptors (Lipinski definition) is 8. The lowest BCUT2D eigenvalue weighted by Crippen LogP contribution is -2.13. The fraction of sp³-hybridized carbons (Fsp3) is 0.267. The summed E-state index contributed by atoms with van der Waals surface area (Å²) in [6, 6.07) is 3.06. The van der Waals surface area contributed by atoms with Crippen LogP contribution in [0, 0.1) is 6.92 Å². The van der Waals surface area contributed by atoms with Gasteiger partial charge in [0.2, 0.25) is 0 Å². The lowest BCUT2D eigenvalue weighted by Gasteiger charge is -2.12. The van der Waals surface area contributed by atoms with Gasteiger partial charge in [-0.15, -0.1) is 11.3 Å². The van der Waals surface area contributed by atoms with Crippen LogP contribution in [-0.2, 0) is 27.8 Å². The third kappa shape index (κ3) is 3.03. The summed E-state index contributed by atoms with van der Waals surface area (Å²) in [5.74, 6) is 0.795. The van der Waals surface area contributed by atoms with Crippen molar-refractivity contribution in [1.29, 1.82) is 0 Å². The molecular formula is C15H14N4O4S2. The molecule has 4 rings (SSSR count). The summed E-state index contributed by atoms with van der Waals surface area (Å²) in [6.45, 7) is 2.72. The molecule has 10 heteroatoms. The summed E-state index contributed by atoms with van der Waals surface area (Å²) < 4.78 is 38.7. The normalized spacial score (nSPS) is 14.3. The third-order valence-corrected chi connectivity index (χ3v) is 6.32. The maximum atomic E-state index is 12.7. The molecule has 0 atom stereocenters. The number of fused-ring (bicyclic) bond motifs is 1. The first kappa shape index (κ1) is 16.2. The van der Waals surface area contributed by atoms with Crippen molar-refractivity contribution in [3.05, 3.63) is 40.8 Å².